The van der Waals surface area contributed by atoms with E-state index in [2.05, 4.69) is 10.3 Å². The van der Waals surface area contributed by atoms with E-state index in [4.69, 9.17) is 4.74 Å². The van der Waals surface area contributed by atoms with Crippen LogP contribution in [0.1, 0.15) is 12.5 Å². The summed E-state index contributed by atoms with van der Waals surface area (Å²) in [6, 6.07) is 3.80. The number of aromatic nitrogens is 1. The summed E-state index contributed by atoms with van der Waals surface area (Å²) in [6.07, 6.45) is 3.96. The number of pyridine rings is 1. The molecule has 0 spiro atoms. The van der Waals surface area contributed by atoms with E-state index in [-0.39, 0.29) is 5.97 Å². The molecule has 0 amide bonds. The third kappa shape index (κ3) is 1.98. The highest BCUT2D eigenvalue weighted by molar-refractivity contribution is 5.90. The number of hydrogen-bond acceptors (Lipinski definition) is 4. The molecule has 1 aromatic heterocycles. The number of hydrogen-bond donors (Lipinski definition) is 1. The van der Waals surface area contributed by atoms with Gasteiger partial charge in [0.1, 0.15) is 5.82 Å². The number of ether oxygens (including phenoxy) is 1. The quantitative estimate of drug-likeness (QED) is 0.742. The van der Waals surface area contributed by atoms with Gasteiger partial charge in [0.15, 0.2) is 0 Å². The van der Waals surface area contributed by atoms with E-state index in [1.807, 2.05) is 12.1 Å². The van der Waals surface area contributed by atoms with Gasteiger partial charge in [-0.2, -0.15) is 0 Å². The van der Waals surface area contributed by atoms with Crippen LogP contribution in [0.3, 0.4) is 0 Å². The maximum atomic E-state index is 11.5. The predicted octanol–water partition coefficient (Wildman–Crippen LogP) is 1.50. The van der Waals surface area contributed by atoms with Gasteiger partial charge >= 0.3 is 5.97 Å². The van der Waals surface area contributed by atoms with E-state index in [1.165, 1.54) is 0 Å². The minimum atomic E-state index is -0.264. The summed E-state index contributed by atoms with van der Waals surface area (Å²) in [7, 11) is 0. The van der Waals surface area contributed by atoms with Gasteiger partial charge in [0, 0.05) is 18.8 Å². The van der Waals surface area contributed by atoms with Gasteiger partial charge in [-0.05, 0) is 18.6 Å². The molecule has 0 aromatic carbocycles. The van der Waals surface area contributed by atoms with Crippen molar-refractivity contribution in [2.45, 2.75) is 13.3 Å². The second kappa shape index (κ2) is 4.13. The molecular weight excluding hydrogens is 192 g/mol. The van der Waals surface area contributed by atoms with E-state index in [0.717, 1.165) is 11.4 Å². The molecule has 1 aliphatic rings. The summed E-state index contributed by atoms with van der Waals surface area (Å²) in [6.45, 7) is 2.19. The van der Waals surface area contributed by atoms with Crippen LogP contribution in [0.25, 0.3) is 0 Å². The molecule has 4 heteroatoms. The van der Waals surface area contributed by atoms with Crippen molar-refractivity contribution in [3.05, 3.63) is 35.7 Å². The van der Waals surface area contributed by atoms with Crippen molar-refractivity contribution in [3.63, 3.8) is 0 Å². The Labute approximate surface area is 88.0 Å². The molecule has 4 nitrogen and oxygen atoms in total. The van der Waals surface area contributed by atoms with Crippen molar-refractivity contribution in [3.8, 4) is 0 Å². The average Bonchev–Trinajstić information content (AvgIpc) is 2.29. The van der Waals surface area contributed by atoms with Crippen molar-refractivity contribution in [1.29, 1.82) is 0 Å². The van der Waals surface area contributed by atoms with Crippen molar-refractivity contribution in [2.24, 2.45) is 0 Å². The first-order valence-corrected chi connectivity index (χ1v) is 4.88. The summed E-state index contributed by atoms with van der Waals surface area (Å²) in [5, 5.41) is 2.98. The van der Waals surface area contributed by atoms with Crippen LogP contribution < -0.4 is 5.32 Å². The zero-order valence-electron chi connectivity index (χ0n) is 8.49. The lowest BCUT2D eigenvalue weighted by Crippen LogP contribution is -2.16. The zero-order valence-corrected chi connectivity index (χ0v) is 8.49. The molecule has 0 unspecified atom stereocenters. The van der Waals surface area contributed by atoms with Crippen LogP contribution in [0.5, 0.6) is 0 Å². The molecular formula is C11H12N2O2. The van der Waals surface area contributed by atoms with Gasteiger partial charge in [-0.1, -0.05) is 6.07 Å². The Kier molecular flexibility index (Phi) is 2.67. The van der Waals surface area contributed by atoms with Crippen LogP contribution in [0, 0.1) is 0 Å². The number of rotatable bonds is 2. The van der Waals surface area contributed by atoms with Gasteiger partial charge in [-0.3, -0.25) is 0 Å². The first-order valence-electron chi connectivity index (χ1n) is 4.88. The van der Waals surface area contributed by atoms with E-state index in [1.54, 1.807) is 19.3 Å². The van der Waals surface area contributed by atoms with Gasteiger partial charge in [0.25, 0.3) is 0 Å². The topological polar surface area (TPSA) is 51.2 Å². The molecule has 0 fully saturated rings. The lowest BCUT2D eigenvalue weighted by molar-refractivity contribution is -0.138. The number of carbonyl (C=O) groups excluding carboxylic acids is 1. The maximum Gasteiger partial charge on any atom is 0.335 e. The van der Waals surface area contributed by atoms with Gasteiger partial charge in [0.05, 0.1) is 12.2 Å². The van der Waals surface area contributed by atoms with Crippen molar-refractivity contribution >= 4 is 11.8 Å². The normalized spacial score (nSPS) is 13.5. The van der Waals surface area contributed by atoms with E-state index in [9.17, 15) is 4.79 Å². The van der Waals surface area contributed by atoms with Gasteiger partial charge in [-0.25, -0.2) is 9.78 Å². The van der Waals surface area contributed by atoms with Gasteiger partial charge in [-0.15, -0.1) is 0 Å². The van der Waals surface area contributed by atoms with Crippen LogP contribution >= 0.6 is 0 Å². The Morgan fingerprint density at radius 2 is 2.53 bits per heavy atom. The fourth-order valence-electron chi connectivity index (χ4n) is 1.48. The highest BCUT2D eigenvalue weighted by Gasteiger charge is 2.17. The fourth-order valence-corrected chi connectivity index (χ4v) is 1.48. The van der Waals surface area contributed by atoms with Crippen molar-refractivity contribution in [2.75, 3.05) is 11.9 Å². The van der Waals surface area contributed by atoms with Crippen molar-refractivity contribution in [1.82, 2.24) is 4.98 Å². The van der Waals surface area contributed by atoms with Crippen molar-refractivity contribution < 1.29 is 9.53 Å². The molecule has 0 saturated heterocycles. The molecule has 2 heterocycles. The van der Waals surface area contributed by atoms with Crippen LogP contribution in [-0.2, 0) is 16.0 Å². The van der Waals surface area contributed by atoms with Crippen LogP contribution in [0.2, 0.25) is 0 Å². The second-order valence-corrected chi connectivity index (χ2v) is 3.22. The Balaban J connectivity index is 2.16. The standard InChI is InChI=1S/C11H12N2O2/c1-2-15-11(14)9-6-8-4-3-5-12-10(8)13-7-9/h3-5,7H,2,6H2,1H3,(H,12,13). The molecule has 78 valence electrons. The fraction of sp³-hybridized carbons (Fsp3) is 0.273. The highest BCUT2D eigenvalue weighted by Crippen LogP contribution is 2.21. The number of anilines is 1. The molecule has 0 atom stereocenters. The summed E-state index contributed by atoms with van der Waals surface area (Å²) < 4.78 is 4.93. The largest absolute Gasteiger partial charge is 0.463 e. The summed E-state index contributed by atoms with van der Waals surface area (Å²) in [5.41, 5.74) is 1.65. The second-order valence-electron chi connectivity index (χ2n) is 3.22. The molecule has 0 radical (unpaired) electrons. The van der Waals surface area contributed by atoms with Gasteiger partial charge < -0.3 is 10.1 Å². The molecule has 1 aromatic rings. The minimum Gasteiger partial charge on any atom is -0.463 e. The van der Waals surface area contributed by atoms with Gasteiger partial charge in [0.2, 0.25) is 0 Å². The SMILES string of the molecule is CCOC(=O)C1=CNc2ncccc2C1. The number of carbonyl (C=O) groups is 1. The lowest BCUT2D eigenvalue weighted by Gasteiger charge is -2.15. The first kappa shape index (κ1) is 9.71. The summed E-state index contributed by atoms with van der Waals surface area (Å²) >= 11 is 0. The first-order chi connectivity index (χ1) is 7.31. The Morgan fingerprint density at radius 3 is 3.33 bits per heavy atom. The third-order valence-corrected chi connectivity index (χ3v) is 2.19. The number of fused-ring (bicyclic) bond motifs is 1. The molecule has 15 heavy (non-hydrogen) atoms. The smallest absolute Gasteiger partial charge is 0.335 e. The molecule has 0 bridgehead atoms. The maximum absolute atomic E-state index is 11.5. The minimum absolute atomic E-state index is 0.264. The van der Waals surface area contributed by atoms with E-state index < -0.39 is 0 Å². The summed E-state index contributed by atoms with van der Waals surface area (Å²) in [4.78, 5) is 15.6. The number of nitrogens with one attached hydrogen (secondary N) is 1. The Bertz CT molecular complexity index is 413. The van der Waals surface area contributed by atoms with Crippen LogP contribution in [0.4, 0.5) is 5.82 Å². The number of nitrogens with zero attached hydrogens (tertiary/aromatic N) is 1. The summed E-state index contributed by atoms with van der Waals surface area (Å²) in [5.74, 6) is 0.546. The van der Waals surface area contributed by atoms with E-state index in [0.29, 0.717) is 18.6 Å². The van der Waals surface area contributed by atoms with E-state index >= 15 is 0 Å². The zero-order chi connectivity index (χ0) is 10.7. The molecule has 1 aliphatic heterocycles. The predicted molar refractivity (Wildman–Crippen MR) is 56.3 cm³/mol. The Hall–Kier alpha value is -1.84. The lowest BCUT2D eigenvalue weighted by atomic mass is 10.0. The number of esters is 1. The highest BCUT2D eigenvalue weighted by atomic mass is 16.5. The third-order valence-electron chi connectivity index (χ3n) is 2.19. The molecule has 2 rings (SSSR count). The van der Waals surface area contributed by atoms with Crippen LogP contribution in [-0.4, -0.2) is 17.6 Å². The molecule has 0 saturated carbocycles. The molecule has 0 aliphatic carbocycles. The Morgan fingerprint density at radius 1 is 1.67 bits per heavy atom. The van der Waals surface area contributed by atoms with Crippen LogP contribution in [0.15, 0.2) is 30.1 Å². The average molecular weight is 204 g/mol. The molecule has 1 N–H and O–H groups in total. The monoisotopic (exact) mass is 204 g/mol.